The van der Waals surface area contributed by atoms with Crippen molar-refractivity contribution in [2.75, 3.05) is 26.7 Å². The predicted molar refractivity (Wildman–Crippen MR) is 98.0 cm³/mol. The van der Waals surface area contributed by atoms with Crippen LogP contribution in [-0.2, 0) is 4.74 Å². The molecule has 1 saturated heterocycles. The fraction of sp³-hybridized carbons (Fsp3) is 0.650. The molecular weight excluding hydrogens is 319 g/mol. The van der Waals surface area contributed by atoms with Gasteiger partial charge in [-0.05, 0) is 77.2 Å². The van der Waals surface area contributed by atoms with Crippen molar-refractivity contribution < 1.29 is 13.9 Å². The van der Waals surface area contributed by atoms with E-state index in [1.807, 2.05) is 40.0 Å². The van der Waals surface area contributed by atoms with E-state index < -0.39 is 5.60 Å². The molecule has 1 atom stereocenters. The molecule has 1 fully saturated rings. The van der Waals surface area contributed by atoms with Gasteiger partial charge in [-0.25, -0.2) is 9.18 Å². The van der Waals surface area contributed by atoms with Gasteiger partial charge in [0.05, 0.1) is 0 Å². The van der Waals surface area contributed by atoms with Crippen LogP contribution in [0.15, 0.2) is 24.3 Å². The normalized spacial score (nSPS) is 18.0. The highest BCUT2D eigenvalue weighted by molar-refractivity contribution is 5.67. The second kappa shape index (κ2) is 8.17. The first kappa shape index (κ1) is 19.7. The van der Waals surface area contributed by atoms with E-state index in [-0.39, 0.29) is 18.0 Å². The standard InChI is InChI=1S/C20H31FN2O2/c1-15(17-6-8-18(21)9-7-17)23-12-10-16(11-13-23)14-22(5)19(24)25-20(2,3)4/h6-9,15-16H,10-14H2,1-5H3. The number of hydrogen-bond donors (Lipinski definition) is 0. The van der Waals surface area contributed by atoms with Crippen molar-refractivity contribution in [3.05, 3.63) is 35.6 Å². The van der Waals surface area contributed by atoms with Crippen LogP contribution in [0.3, 0.4) is 0 Å². The molecule has 140 valence electrons. The highest BCUT2D eigenvalue weighted by Crippen LogP contribution is 2.27. The minimum atomic E-state index is -0.459. The van der Waals surface area contributed by atoms with E-state index in [1.165, 1.54) is 12.1 Å². The van der Waals surface area contributed by atoms with Gasteiger partial charge in [-0.2, -0.15) is 0 Å². The van der Waals surface area contributed by atoms with E-state index >= 15 is 0 Å². The molecule has 1 unspecified atom stereocenters. The van der Waals surface area contributed by atoms with E-state index in [2.05, 4.69) is 11.8 Å². The van der Waals surface area contributed by atoms with Gasteiger partial charge in [-0.1, -0.05) is 12.1 Å². The van der Waals surface area contributed by atoms with Crippen LogP contribution in [0, 0.1) is 11.7 Å². The van der Waals surface area contributed by atoms with Gasteiger partial charge in [-0.15, -0.1) is 0 Å². The van der Waals surface area contributed by atoms with E-state index in [9.17, 15) is 9.18 Å². The molecule has 2 rings (SSSR count). The Kier molecular flexibility index (Phi) is 6.44. The third-order valence-electron chi connectivity index (χ3n) is 4.79. The first-order valence-electron chi connectivity index (χ1n) is 9.09. The van der Waals surface area contributed by atoms with Gasteiger partial charge in [0.15, 0.2) is 0 Å². The number of halogens is 1. The molecule has 0 saturated carbocycles. The van der Waals surface area contributed by atoms with Gasteiger partial charge in [0.2, 0.25) is 0 Å². The zero-order chi connectivity index (χ0) is 18.6. The Morgan fingerprint density at radius 3 is 2.36 bits per heavy atom. The maximum absolute atomic E-state index is 13.1. The molecule has 1 heterocycles. The Labute approximate surface area is 150 Å². The van der Waals surface area contributed by atoms with Crippen molar-refractivity contribution >= 4 is 6.09 Å². The Hall–Kier alpha value is -1.62. The Morgan fingerprint density at radius 2 is 1.84 bits per heavy atom. The molecule has 1 aromatic carbocycles. The van der Waals surface area contributed by atoms with Crippen molar-refractivity contribution in [3.8, 4) is 0 Å². The summed E-state index contributed by atoms with van der Waals surface area (Å²) in [5, 5.41) is 0. The van der Waals surface area contributed by atoms with E-state index in [0.29, 0.717) is 5.92 Å². The molecule has 1 aliphatic rings. The van der Waals surface area contributed by atoms with Crippen LogP contribution in [0.5, 0.6) is 0 Å². The summed E-state index contributed by atoms with van der Waals surface area (Å²) in [6, 6.07) is 7.05. The van der Waals surface area contributed by atoms with Gasteiger partial charge < -0.3 is 9.64 Å². The number of carbonyl (C=O) groups excluding carboxylic acids is 1. The van der Waals surface area contributed by atoms with Crippen LogP contribution in [0.2, 0.25) is 0 Å². The molecule has 0 aliphatic carbocycles. The Morgan fingerprint density at radius 1 is 1.28 bits per heavy atom. The summed E-state index contributed by atoms with van der Waals surface area (Å²) >= 11 is 0. The van der Waals surface area contributed by atoms with Crippen LogP contribution < -0.4 is 0 Å². The molecule has 0 radical (unpaired) electrons. The fourth-order valence-electron chi connectivity index (χ4n) is 3.28. The average Bonchev–Trinajstić information content (AvgIpc) is 2.54. The van der Waals surface area contributed by atoms with Gasteiger partial charge in [0, 0.05) is 19.6 Å². The number of rotatable bonds is 4. The summed E-state index contributed by atoms with van der Waals surface area (Å²) in [5.41, 5.74) is 0.685. The van der Waals surface area contributed by atoms with Crippen LogP contribution in [0.25, 0.3) is 0 Å². The lowest BCUT2D eigenvalue weighted by molar-refractivity contribution is 0.0242. The molecule has 1 aliphatic heterocycles. The van der Waals surface area contributed by atoms with Crippen molar-refractivity contribution in [2.45, 2.75) is 52.2 Å². The van der Waals surface area contributed by atoms with Gasteiger partial charge >= 0.3 is 6.09 Å². The number of hydrogen-bond acceptors (Lipinski definition) is 3. The minimum Gasteiger partial charge on any atom is -0.444 e. The van der Waals surface area contributed by atoms with Crippen LogP contribution in [0.4, 0.5) is 9.18 Å². The van der Waals surface area contributed by atoms with Crippen molar-refractivity contribution in [3.63, 3.8) is 0 Å². The van der Waals surface area contributed by atoms with Crippen LogP contribution >= 0.6 is 0 Å². The molecule has 0 aromatic heterocycles. The number of nitrogens with zero attached hydrogens (tertiary/aromatic N) is 2. The molecule has 1 aromatic rings. The van der Waals surface area contributed by atoms with Crippen LogP contribution in [-0.4, -0.2) is 48.2 Å². The van der Waals surface area contributed by atoms with Gasteiger partial charge in [0.25, 0.3) is 0 Å². The summed E-state index contributed by atoms with van der Waals surface area (Å²) in [5.74, 6) is 0.300. The lowest BCUT2D eigenvalue weighted by Crippen LogP contribution is -2.41. The first-order chi connectivity index (χ1) is 11.7. The highest BCUT2D eigenvalue weighted by atomic mass is 19.1. The highest BCUT2D eigenvalue weighted by Gasteiger charge is 2.26. The number of amides is 1. The van der Waals surface area contributed by atoms with E-state index in [4.69, 9.17) is 4.74 Å². The van der Waals surface area contributed by atoms with Crippen molar-refractivity contribution in [2.24, 2.45) is 5.92 Å². The maximum atomic E-state index is 13.1. The lowest BCUT2D eigenvalue weighted by Gasteiger charge is -2.37. The molecule has 0 N–H and O–H groups in total. The molecule has 5 heteroatoms. The Bertz CT molecular complexity index is 560. The number of piperidine rings is 1. The number of likely N-dealkylation sites (tertiary alicyclic amines) is 1. The quantitative estimate of drug-likeness (QED) is 0.803. The third-order valence-corrected chi connectivity index (χ3v) is 4.79. The monoisotopic (exact) mass is 350 g/mol. The Balaban J connectivity index is 1.81. The second-order valence-electron chi connectivity index (χ2n) is 8.07. The third kappa shape index (κ3) is 5.99. The fourth-order valence-corrected chi connectivity index (χ4v) is 3.28. The summed E-state index contributed by atoms with van der Waals surface area (Å²) in [6.45, 7) is 10.5. The van der Waals surface area contributed by atoms with Crippen molar-refractivity contribution in [1.82, 2.24) is 9.80 Å². The predicted octanol–water partition coefficient (Wildman–Crippen LogP) is 4.47. The topological polar surface area (TPSA) is 32.8 Å². The molecule has 0 bridgehead atoms. The molecular formula is C20H31FN2O2. The van der Waals surface area contributed by atoms with Crippen LogP contribution in [0.1, 0.15) is 52.1 Å². The zero-order valence-corrected chi connectivity index (χ0v) is 16.1. The van der Waals surface area contributed by atoms with E-state index in [0.717, 1.165) is 38.0 Å². The summed E-state index contributed by atoms with van der Waals surface area (Å²) in [4.78, 5) is 16.2. The summed E-state index contributed by atoms with van der Waals surface area (Å²) in [6.07, 6.45) is 1.85. The first-order valence-corrected chi connectivity index (χ1v) is 9.09. The van der Waals surface area contributed by atoms with E-state index in [1.54, 1.807) is 4.90 Å². The number of carbonyl (C=O) groups is 1. The summed E-state index contributed by atoms with van der Waals surface area (Å²) < 4.78 is 18.5. The molecule has 25 heavy (non-hydrogen) atoms. The summed E-state index contributed by atoms with van der Waals surface area (Å²) in [7, 11) is 1.81. The van der Waals surface area contributed by atoms with Gasteiger partial charge in [-0.3, -0.25) is 4.90 Å². The van der Waals surface area contributed by atoms with Crippen molar-refractivity contribution in [1.29, 1.82) is 0 Å². The minimum absolute atomic E-state index is 0.195. The molecule has 4 nitrogen and oxygen atoms in total. The largest absolute Gasteiger partial charge is 0.444 e. The molecule has 1 amide bonds. The molecule has 0 spiro atoms. The number of ether oxygens (including phenoxy) is 1. The van der Waals surface area contributed by atoms with Gasteiger partial charge in [0.1, 0.15) is 11.4 Å². The zero-order valence-electron chi connectivity index (χ0n) is 16.1. The number of benzene rings is 1. The lowest BCUT2D eigenvalue weighted by atomic mass is 9.94. The average molecular weight is 350 g/mol. The maximum Gasteiger partial charge on any atom is 0.410 e. The SMILES string of the molecule is CC(c1ccc(F)cc1)N1CCC(CN(C)C(=O)OC(C)(C)C)CC1. The second-order valence-corrected chi connectivity index (χ2v) is 8.07. The smallest absolute Gasteiger partial charge is 0.410 e.